The summed E-state index contributed by atoms with van der Waals surface area (Å²) >= 11 is 2.05. The Morgan fingerprint density at radius 1 is 1.13 bits per heavy atom. The molecule has 0 radical (unpaired) electrons. The normalized spacial score (nSPS) is 11.3. The second-order valence-corrected chi connectivity index (χ2v) is 7.59. The van der Waals surface area contributed by atoms with Crippen molar-refractivity contribution in [3.63, 3.8) is 0 Å². The Bertz CT molecular complexity index is 777. The summed E-state index contributed by atoms with van der Waals surface area (Å²) in [5.41, 5.74) is 0.793. The number of hydrogen-bond donors (Lipinski definition) is 1. The summed E-state index contributed by atoms with van der Waals surface area (Å²) in [6, 6.07) is 12.1. The van der Waals surface area contributed by atoms with E-state index in [2.05, 4.69) is 4.72 Å². The lowest BCUT2D eigenvalue weighted by Crippen LogP contribution is -2.23. The molecule has 7 heteroatoms. The average Bonchev–Trinajstić information content (AvgIpc) is 2.54. The minimum Gasteiger partial charge on any atom is -0.496 e. The van der Waals surface area contributed by atoms with Crippen LogP contribution in [0.2, 0.25) is 0 Å². The summed E-state index contributed by atoms with van der Waals surface area (Å²) < 4.78 is 38.9. The molecular weight excluding hydrogens is 429 g/mol. The van der Waals surface area contributed by atoms with Crippen molar-refractivity contribution in [2.75, 3.05) is 13.7 Å². The van der Waals surface area contributed by atoms with Crippen molar-refractivity contribution in [2.45, 2.75) is 18.4 Å². The highest BCUT2D eigenvalue weighted by Gasteiger charge is 2.16. The molecule has 124 valence electrons. The smallest absolute Gasteiger partial charge is 0.240 e. The van der Waals surface area contributed by atoms with Gasteiger partial charge in [-0.15, -0.1) is 0 Å². The standard InChI is InChI=1S/C16H18INO4S/c1-3-22-15-7-5-4-6-12(15)11-18-23(19,20)13-8-9-16(21-2)14(17)10-13/h4-10,18H,3,11H2,1-2H3. The number of sulfonamides is 1. The molecule has 0 aliphatic rings. The van der Waals surface area contributed by atoms with Crippen LogP contribution >= 0.6 is 22.6 Å². The molecule has 0 amide bonds. The fourth-order valence-electron chi connectivity index (χ4n) is 2.02. The van der Waals surface area contributed by atoms with E-state index in [1.165, 1.54) is 6.07 Å². The number of nitrogens with one attached hydrogen (secondary N) is 1. The third-order valence-electron chi connectivity index (χ3n) is 3.16. The predicted octanol–water partition coefficient (Wildman–Crippen LogP) is 3.18. The molecule has 0 aliphatic carbocycles. The van der Waals surface area contributed by atoms with Gasteiger partial charge in [0.15, 0.2) is 0 Å². The van der Waals surface area contributed by atoms with Crippen LogP contribution < -0.4 is 14.2 Å². The first-order chi connectivity index (χ1) is 11.0. The molecule has 0 unspecified atom stereocenters. The van der Waals surface area contributed by atoms with E-state index in [1.54, 1.807) is 19.2 Å². The van der Waals surface area contributed by atoms with Crippen molar-refractivity contribution in [1.29, 1.82) is 0 Å². The second kappa shape index (κ2) is 7.98. The first-order valence-corrected chi connectivity index (χ1v) is 9.58. The summed E-state index contributed by atoms with van der Waals surface area (Å²) in [6.45, 7) is 2.59. The number of hydrogen-bond acceptors (Lipinski definition) is 4. The van der Waals surface area contributed by atoms with Gasteiger partial charge in [0, 0.05) is 12.1 Å². The number of ether oxygens (including phenoxy) is 2. The molecule has 0 saturated heterocycles. The molecule has 5 nitrogen and oxygen atoms in total. The van der Waals surface area contributed by atoms with Crippen molar-refractivity contribution in [1.82, 2.24) is 4.72 Å². The van der Waals surface area contributed by atoms with Gasteiger partial charge in [-0.05, 0) is 53.8 Å². The maximum atomic E-state index is 12.4. The lowest BCUT2D eigenvalue weighted by atomic mass is 10.2. The van der Waals surface area contributed by atoms with Gasteiger partial charge in [-0.2, -0.15) is 0 Å². The van der Waals surface area contributed by atoms with Gasteiger partial charge < -0.3 is 9.47 Å². The molecule has 0 spiro atoms. The molecule has 0 aliphatic heterocycles. The first kappa shape index (κ1) is 18.0. The molecule has 0 bridgehead atoms. The Kier molecular flexibility index (Phi) is 6.25. The van der Waals surface area contributed by atoms with Crippen molar-refractivity contribution in [3.05, 3.63) is 51.6 Å². The minimum atomic E-state index is -3.60. The van der Waals surface area contributed by atoms with E-state index in [4.69, 9.17) is 9.47 Å². The van der Waals surface area contributed by atoms with Crippen molar-refractivity contribution >= 4 is 32.6 Å². The first-order valence-electron chi connectivity index (χ1n) is 7.02. The number of para-hydroxylation sites is 1. The highest BCUT2D eigenvalue weighted by molar-refractivity contribution is 14.1. The van der Waals surface area contributed by atoms with Crippen LogP contribution in [0.15, 0.2) is 47.4 Å². The number of rotatable bonds is 7. The summed E-state index contributed by atoms with van der Waals surface area (Å²) in [5, 5.41) is 0. The maximum absolute atomic E-state index is 12.4. The zero-order chi connectivity index (χ0) is 16.9. The molecule has 0 fully saturated rings. The SMILES string of the molecule is CCOc1ccccc1CNS(=O)(=O)c1ccc(OC)c(I)c1. The summed E-state index contributed by atoms with van der Waals surface area (Å²) in [7, 11) is -2.05. The number of halogens is 1. The van der Waals surface area contributed by atoms with Gasteiger partial charge in [-0.1, -0.05) is 18.2 Å². The van der Waals surface area contributed by atoms with Gasteiger partial charge in [0.25, 0.3) is 0 Å². The molecule has 2 aromatic carbocycles. The molecule has 0 atom stereocenters. The largest absolute Gasteiger partial charge is 0.496 e. The van der Waals surface area contributed by atoms with Gasteiger partial charge in [0.2, 0.25) is 10.0 Å². The third kappa shape index (κ3) is 4.58. The van der Waals surface area contributed by atoms with Crippen LogP contribution in [0.25, 0.3) is 0 Å². The quantitative estimate of drug-likeness (QED) is 0.663. The van der Waals surface area contributed by atoms with Crippen molar-refractivity contribution in [3.8, 4) is 11.5 Å². The zero-order valence-corrected chi connectivity index (χ0v) is 15.8. The van der Waals surface area contributed by atoms with Gasteiger partial charge >= 0.3 is 0 Å². The van der Waals surface area contributed by atoms with E-state index >= 15 is 0 Å². The molecule has 23 heavy (non-hydrogen) atoms. The van der Waals surface area contributed by atoms with E-state index < -0.39 is 10.0 Å². The average molecular weight is 447 g/mol. The Hall–Kier alpha value is -1.32. The highest BCUT2D eigenvalue weighted by Crippen LogP contribution is 2.24. The highest BCUT2D eigenvalue weighted by atomic mass is 127. The van der Waals surface area contributed by atoms with Crippen LogP contribution in [0.3, 0.4) is 0 Å². The second-order valence-electron chi connectivity index (χ2n) is 4.66. The molecule has 0 aromatic heterocycles. The fraction of sp³-hybridized carbons (Fsp3) is 0.250. The summed E-state index contributed by atoms with van der Waals surface area (Å²) in [5.74, 6) is 1.33. The minimum absolute atomic E-state index is 0.168. The fourth-order valence-corrected chi connectivity index (χ4v) is 4.00. The molecule has 0 saturated carbocycles. The Morgan fingerprint density at radius 2 is 1.87 bits per heavy atom. The van der Waals surface area contributed by atoms with E-state index in [9.17, 15) is 8.42 Å². The molecular formula is C16H18INO4S. The lowest BCUT2D eigenvalue weighted by molar-refractivity contribution is 0.336. The van der Waals surface area contributed by atoms with Gasteiger partial charge in [0.05, 0.1) is 22.2 Å². The van der Waals surface area contributed by atoms with E-state index in [0.717, 1.165) is 9.13 Å². The number of methoxy groups -OCH3 is 1. The van der Waals surface area contributed by atoms with E-state index in [-0.39, 0.29) is 11.4 Å². The molecule has 0 heterocycles. The predicted molar refractivity (Wildman–Crippen MR) is 97.3 cm³/mol. The monoisotopic (exact) mass is 447 g/mol. The maximum Gasteiger partial charge on any atom is 0.240 e. The van der Waals surface area contributed by atoms with Crippen LogP contribution in [0.5, 0.6) is 11.5 Å². The van der Waals surface area contributed by atoms with Gasteiger partial charge in [-0.3, -0.25) is 0 Å². The van der Waals surface area contributed by atoms with Crippen LogP contribution in [0.1, 0.15) is 12.5 Å². The number of benzene rings is 2. The third-order valence-corrected chi connectivity index (χ3v) is 5.40. The van der Waals surface area contributed by atoms with E-state index in [1.807, 2.05) is 53.8 Å². The lowest BCUT2D eigenvalue weighted by Gasteiger charge is -2.12. The Morgan fingerprint density at radius 3 is 2.52 bits per heavy atom. The summed E-state index contributed by atoms with van der Waals surface area (Å²) in [6.07, 6.45) is 0. The van der Waals surface area contributed by atoms with Crippen LogP contribution in [0, 0.1) is 3.57 Å². The van der Waals surface area contributed by atoms with E-state index in [0.29, 0.717) is 18.1 Å². The van der Waals surface area contributed by atoms with Crippen LogP contribution in [-0.2, 0) is 16.6 Å². The Labute approximate surface area is 150 Å². The zero-order valence-electron chi connectivity index (χ0n) is 12.9. The summed E-state index contributed by atoms with van der Waals surface area (Å²) in [4.78, 5) is 0.205. The molecule has 2 rings (SSSR count). The molecule has 2 aromatic rings. The molecule has 1 N–H and O–H groups in total. The van der Waals surface area contributed by atoms with Gasteiger partial charge in [0.1, 0.15) is 11.5 Å². The van der Waals surface area contributed by atoms with Crippen LogP contribution in [-0.4, -0.2) is 22.1 Å². The topological polar surface area (TPSA) is 64.6 Å². The van der Waals surface area contributed by atoms with Crippen molar-refractivity contribution in [2.24, 2.45) is 0 Å². The Balaban J connectivity index is 2.18. The van der Waals surface area contributed by atoms with Gasteiger partial charge in [-0.25, -0.2) is 13.1 Å². The van der Waals surface area contributed by atoms with Crippen LogP contribution in [0.4, 0.5) is 0 Å². The van der Waals surface area contributed by atoms with Crippen molar-refractivity contribution < 1.29 is 17.9 Å².